The number of nitrogens with two attached hydrogens (primary N) is 1. The van der Waals surface area contributed by atoms with Crippen molar-refractivity contribution >= 4 is 38.7 Å². The average Bonchev–Trinajstić information content (AvgIpc) is 3.14. The normalized spacial score (nSPS) is 13.7. The highest BCUT2D eigenvalue weighted by Gasteiger charge is 2.32. The number of methoxy groups -OCH3 is 2. The number of nitrogens with zero attached hydrogens (tertiary/aromatic N) is 4. The van der Waals surface area contributed by atoms with Crippen molar-refractivity contribution in [1.29, 1.82) is 0 Å². The monoisotopic (exact) mass is 495 g/mol. The Kier molecular flexibility index (Phi) is 6.32. The molecule has 0 atom stereocenters. The standard InChI is InChI=1S/C23H22BrN5O3/c1-31-18-8-15(9-19(10-18)32-2)5-6-16-11-29(23-21(16)22(25)26-14-27-23)17-12-28(13-17)20(30)4-3-7-24/h3-4,8-11,14,17H,7,12-13H2,1-2H3,(H2,25,26,27)/b4-3+. The summed E-state index contributed by atoms with van der Waals surface area (Å²) in [5, 5.41) is 1.36. The molecule has 2 aromatic heterocycles. The van der Waals surface area contributed by atoms with Gasteiger partial charge in [0, 0.05) is 36.2 Å². The van der Waals surface area contributed by atoms with E-state index in [-0.39, 0.29) is 11.9 Å². The van der Waals surface area contributed by atoms with Crippen molar-refractivity contribution in [2.75, 3.05) is 38.4 Å². The molecule has 4 rings (SSSR count). The van der Waals surface area contributed by atoms with Gasteiger partial charge >= 0.3 is 0 Å². The molecule has 0 saturated carbocycles. The molecule has 0 spiro atoms. The van der Waals surface area contributed by atoms with Gasteiger partial charge < -0.3 is 24.7 Å². The second-order valence-electron chi connectivity index (χ2n) is 7.21. The molecule has 3 heterocycles. The first-order chi connectivity index (χ1) is 15.5. The maximum Gasteiger partial charge on any atom is 0.246 e. The topological polar surface area (TPSA) is 95.5 Å². The van der Waals surface area contributed by atoms with Gasteiger partial charge in [-0.05, 0) is 18.2 Å². The Morgan fingerprint density at radius 1 is 1.22 bits per heavy atom. The summed E-state index contributed by atoms with van der Waals surface area (Å²) < 4.78 is 12.7. The smallest absolute Gasteiger partial charge is 0.246 e. The molecule has 0 radical (unpaired) electrons. The fourth-order valence-corrected chi connectivity index (χ4v) is 3.75. The highest BCUT2D eigenvalue weighted by atomic mass is 79.9. The van der Waals surface area contributed by atoms with E-state index in [4.69, 9.17) is 15.2 Å². The minimum absolute atomic E-state index is 0.00158. The Morgan fingerprint density at radius 2 is 1.94 bits per heavy atom. The number of allylic oxidation sites excluding steroid dienone is 1. The Bertz CT molecular complexity index is 1230. The number of alkyl halides is 1. The number of benzene rings is 1. The van der Waals surface area contributed by atoms with Gasteiger partial charge in [0.05, 0.1) is 31.2 Å². The van der Waals surface area contributed by atoms with Gasteiger partial charge in [0.25, 0.3) is 0 Å². The van der Waals surface area contributed by atoms with E-state index in [1.165, 1.54) is 6.33 Å². The summed E-state index contributed by atoms with van der Waals surface area (Å²) >= 11 is 3.29. The molecule has 0 unspecified atom stereocenters. The number of nitrogen functional groups attached to an aromatic ring is 1. The van der Waals surface area contributed by atoms with Crippen molar-refractivity contribution in [3.05, 3.63) is 54.0 Å². The number of carbonyl (C=O) groups is 1. The first kappa shape index (κ1) is 21.7. The van der Waals surface area contributed by atoms with Crippen molar-refractivity contribution < 1.29 is 14.3 Å². The number of anilines is 1. The van der Waals surface area contributed by atoms with Crippen molar-refractivity contribution in [2.24, 2.45) is 0 Å². The lowest BCUT2D eigenvalue weighted by molar-refractivity contribution is -0.131. The molecule has 1 amide bonds. The van der Waals surface area contributed by atoms with E-state index >= 15 is 0 Å². The van der Waals surface area contributed by atoms with Crippen LogP contribution in [-0.4, -0.2) is 58.0 Å². The number of fused-ring (bicyclic) bond motifs is 1. The lowest BCUT2D eigenvalue weighted by atomic mass is 10.1. The van der Waals surface area contributed by atoms with E-state index < -0.39 is 0 Å². The zero-order valence-corrected chi connectivity index (χ0v) is 19.3. The van der Waals surface area contributed by atoms with Crippen LogP contribution >= 0.6 is 15.9 Å². The van der Waals surface area contributed by atoms with Crippen LogP contribution in [-0.2, 0) is 4.79 Å². The van der Waals surface area contributed by atoms with Crippen LogP contribution in [0.15, 0.2) is 42.9 Å². The minimum Gasteiger partial charge on any atom is -0.497 e. The molecule has 1 fully saturated rings. The summed E-state index contributed by atoms with van der Waals surface area (Å²) in [5.74, 6) is 8.04. The Morgan fingerprint density at radius 3 is 2.59 bits per heavy atom. The van der Waals surface area contributed by atoms with E-state index in [9.17, 15) is 4.79 Å². The van der Waals surface area contributed by atoms with Crippen molar-refractivity contribution in [2.45, 2.75) is 6.04 Å². The summed E-state index contributed by atoms with van der Waals surface area (Å²) in [6, 6.07) is 5.56. The highest BCUT2D eigenvalue weighted by Crippen LogP contribution is 2.30. The first-order valence-corrected chi connectivity index (χ1v) is 11.0. The number of carbonyl (C=O) groups excluding carboxylic acids is 1. The van der Waals surface area contributed by atoms with Gasteiger partial charge in [0.15, 0.2) is 0 Å². The van der Waals surface area contributed by atoms with Crippen LogP contribution < -0.4 is 15.2 Å². The number of hydrogen-bond donors (Lipinski definition) is 1. The van der Waals surface area contributed by atoms with Crippen molar-refractivity contribution in [3.8, 4) is 23.3 Å². The number of ether oxygens (including phenoxy) is 2. The van der Waals surface area contributed by atoms with Crippen LogP contribution in [0.1, 0.15) is 17.2 Å². The SMILES string of the molecule is COc1cc(C#Cc2cn(C3CN(C(=O)/C=C/CBr)C3)c3ncnc(N)c23)cc(OC)c1. The molecule has 1 aromatic carbocycles. The van der Waals surface area contributed by atoms with Crippen molar-refractivity contribution in [3.63, 3.8) is 0 Å². The zero-order valence-electron chi connectivity index (χ0n) is 17.7. The van der Waals surface area contributed by atoms with Crippen LogP contribution in [0, 0.1) is 11.8 Å². The molecular weight excluding hydrogens is 474 g/mol. The van der Waals surface area contributed by atoms with Crippen LogP contribution in [0.3, 0.4) is 0 Å². The lowest BCUT2D eigenvalue weighted by Crippen LogP contribution is -2.50. The predicted molar refractivity (Wildman–Crippen MR) is 126 cm³/mol. The Balaban J connectivity index is 1.66. The third kappa shape index (κ3) is 4.27. The number of likely N-dealkylation sites (tertiary alicyclic amines) is 1. The molecule has 8 nitrogen and oxygen atoms in total. The Hall–Kier alpha value is -3.51. The minimum atomic E-state index is -0.00158. The van der Waals surface area contributed by atoms with Gasteiger partial charge in [-0.25, -0.2) is 9.97 Å². The number of amides is 1. The molecule has 1 saturated heterocycles. The fraction of sp³-hybridized carbons (Fsp3) is 0.261. The molecular formula is C23H22BrN5O3. The van der Waals surface area contributed by atoms with E-state index in [2.05, 4.69) is 37.7 Å². The van der Waals surface area contributed by atoms with Gasteiger partial charge in [0.1, 0.15) is 29.3 Å². The zero-order chi connectivity index (χ0) is 22.7. The number of rotatable bonds is 5. The second kappa shape index (κ2) is 9.32. The fourth-order valence-electron chi connectivity index (χ4n) is 3.56. The third-order valence-electron chi connectivity index (χ3n) is 5.25. The summed E-state index contributed by atoms with van der Waals surface area (Å²) in [7, 11) is 3.19. The van der Waals surface area contributed by atoms with Crippen LogP contribution in [0.5, 0.6) is 11.5 Å². The highest BCUT2D eigenvalue weighted by molar-refractivity contribution is 9.09. The van der Waals surface area contributed by atoms with Crippen LogP contribution in [0.25, 0.3) is 11.0 Å². The predicted octanol–water partition coefficient (Wildman–Crippen LogP) is 2.76. The molecule has 1 aliphatic rings. The summed E-state index contributed by atoms with van der Waals surface area (Å²) in [6.45, 7) is 1.19. The quantitative estimate of drug-likeness (QED) is 0.332. The summed E-state index contributed by atoms with van der Waals surface area (Å²) in [4.78, 5) is 22.5. The third-order valence-corrected chi connectivity index (χ3v) is 5.62. The van der Waals surface area contributed by atoms with E-state index in [1.54, 1.807) is 37.3 Å². The van der Waals surface area contributed by atoms with Gasteiger partial charge in [-0.15, -0.1) is 0 Å². The second-order valence-corrected chi connectivity index (χ2v) is 7.86. The summed E-state index contributed by atoms with van der Waals surface area (Å²) in [6.07, 6.45) is 6.74. The molecule has 0 aliphatic carbocycles. The molecule has 0 bridgehead atoms. The molecule has 2 N–H and O–H groups in total. The van der Waals surface area contributed by atoms with E-state index in [0.29, 0.717) is 46.8 Å². The van der Waals surface area contributed by atoms with Crippen LogP contribution in [0.2, 0.25) is 0 Å². The maximum absolute atomic E-state index is 12.2. The summed E-state index contributed by atoms with van der Waals surface area (Å²) in [5.41, 5.74) is 8.35. The molecule has 1 aliphatic heterocycles. The largest absolute Gasteiger partial charge is 0.497 e. The van der Waals surface area contributed by atoms with E-state index in [1.807, 2.05) is 22.9 Å². The molecule has 3 aromatic rings. The maximum atomic E-state index is 12.2. The average molecular weight is 496 g/mol. The molecule has 9 heteroatoms. The van der Waals surface area contributed by atoms with Gasteiger partial charge in [0.2, 0.25) is 5.91 Å². The van der Waals surface area contributed by atoms with E-state index in [0.717, 1.165) is 11.1 Å². The van der Waals surface area contributed by atoms with Gasteiger partial charge in [-0.1, -0.05) is 33.8 Å². The number of aromatic nitrogens is 3. The number of halogens is 1. The lowest BCUT2D eigenvalue weighted by Gasteiger charge is -2.39. The molecule has 164 valence electrons. The first-order valence-electron chi connectivity index (χ1n) is 9.91. The van der Waals surface area contributed by atoms with Gasteiger partial charge in [-0.3, -0.25) is 4.79 Å². The van der Waals surface area contributed by atoms with Gasteiger partial charge in [-0.2, -0.15) is 0 Å². The van der Waals surface area contributed by atoms with Crippen LogP contribution in [0.4, 0.5) is 5.82 Å². The molecule has 32 heavy (non-hydrogen) atoms. The van der Waals surface area contributed by atoms with Crippen molar-refractivity contribution in [1.82, 2.24) is 19.4 Å². The number of hydrogen-bond acceptors (Lipinski definition) is 6. The Labute approximate surface area is 194 Å².